The minimum absolute atomic E-state index is 0.924. The first kappa shape index (κ1) is 28.4. The lowest BCUT2D eigenvalue weighted by Crippen LogP contribution is -1.90. The molecule has 0 fully saturated rings. The quantitative estimate of drug-likeness (QED) is 0.180. The van der Waals surface area contributed by atoms with Crippen molar-refractivity contribution in [2.24, 2.45) is 0 Å². The van der Waals surface area contributed by atoms with Crippen molar-refractivity contribution < 1.29 is 0 Å². The number of rotatable bonds is 4. The summed E-state index contributed by atoms with van der Waals surface area (Å²) in [4.78, 5) is 9.75. The fourth-order valence-electron chi connectivity index (χ4n) is 7.73. The van der Waals surface area contributed by atoms with E-state index >= 15 is 0 Å². The Morgan fingerprint density at radius 1 is 0.260 bits per heavy atom. The molecule has 0 unspecified atom stereocenters. The van der Waals surface area contributed by atoms with E-state index in [9.17, 15) is 0 Å². The Hall–Kier alpha value is -6.64. The lowest BCUT2D eigenvalue weighted by atomic mass is 9.91. The van der Waals surface area contributed by atoms with Crippen LogP contribution in [0.25, 0.3) is 98.6 Å². The fourth-order valence-corrected chi connectivity index (χ4v) is 7.73. The topological polar surface area (TPSA) is 25.8 Å². The van der Waals surface area contributed by atoms with Crippen molar-refractivity contribution in [2.45, 2.75) is 0 Å². The van der Waals surface area contributed by atoms with Crippen LogP contribution in [0.3, 0.4) is 0 Å². The van der Waals surface area contributed by atoms with Crippen LogP contribution in [0.2, 0.25) is 0 Å². The van der Waals surface area contributed by atoms with Crippen molar-refractivity contribution in [3.63, 3.8) is 0 Å². The van der Waals surface area contributed by atoms with Gasteiger partial charge in [0.15, 0.2) is 0 Å². The van der Waals surface area contributed by atoms with Crippen molar-refractivity contribution >= 4 is 54.1 Å². The molecule has 2 heteroatoms. The van der Waals surface area contributed by atoms with Crippen molar-refractivity contribution in [1.82, 2.24) is 9.97 Å². The predicted molar refractivity (Wildman–Crippen MR) is 211 cm³/mol. The van der Waals surface area contributed by atoms with Gasteiger partial charge in [0.2, 0.25) is 0 Å². The molecule has 0 aliphatic rings. The van der Waals surface area contributed by atoms with Gasteiger partial charge in [-0.3, -0.25) is 9.97 Å². The van der Waals surface area contributed by atoms with Gasteiger partial charge >= 0.3 is 0 Å². The van der Waals surface area contributed by atoms with Gasteiger partial charge < -0.3 is 0 Å². The lowest BCUT2D eigenvalue weighted by Gasteiger charge is -2.14. The van der Waals surface area contributed by atoms with Crippen molar-refractivity contribution in [1.29, 1.82) is 0 Å². The van der Waals surface area contributed by atoms with E-state index in [1.165, 1.54) is 71.3 Å². The molecule has 1 aromatic heterocycles. The van der Waals surface area contributed by atoms with E-state index in [1.807, 2.05) is 0 Å². The molecule has 0 radical (unpaired) electrons. The molecule has 1 heterocycles. The SMILES string of the molecule is c1cc(-c2ccc3c(c2)c2ccc(-c4cccc(-c5cccc6ccccc56)c4)cc2c2nccnc32)cc(-c2cccc3ccccc23)c1. The van der Waals surface area contributed by atoms with E-state index < -0.39 is 0 Å². The van der Waals surface area contributed by atoms with Crippen LogP contribution >= 0.6 is 0 Å². The van der Waals surface area contributed by atoms with Crippen LogP contribution in [0.1, 0.15) is 0 Å². The van der Waals surface area contributed by atoms with Gasteiger partial charge in [-0.25, -0.2) is 0 Å². The number of hydrogen-bond donors (Lipinski definition) is 0. The summed E-state index contributed by atoms with van der Waals surface area (Å²) >= 11 is 0. The van der Waals surface area contributed by atoms with E-state index in [2.05, 4.69) is 170 Å². The van der Waals surface area contributed by atoms with Crippen LogP contribution in [-0.2, 0) is 0 Å². The van der Waals surface area contributed by atoms with E-state index in [0.717, 1.165) is 27.4 Å². The maximum Gasteiger partial charge on any atom is 0.0971 e. The third kappa shape index (κ3) is 4.65. The molecule has 0 amide bonds. The van der Waals surface area contributed by atoms with Gasteiger partial charge in [0.25, 0.3) is 0 Å². The molecule has 232 valence electrons. The highest BCUT2D eigenvalue weighted by atomic mass is 14.8. The number of benzene rings is 9. The minimum Gasteiger partial charge on any atom is -0.252 e. The molecule has 0 bridgehead atoms. The van der Waals surface area contributed by atoms with E-state index in [1.54, 1.807) is 12.4 Å². The molecule has 10 aromatic rings. The first-order chi connectivity index (χ1) is 24.8. The van der Waals surface area contributed by atoms with Gasteiger partial charge in [-0.05, 0) is 101 Å². The zero-order chi connectivity index (χ0) is 33.0. The Kier molecular flexibility index (Phi) is 6.53. The summed E-state index contributed by atoms with van der Waals surface area (Å²) in [6.45, 7) is 0. The highest BCUT2D eigenvalue weighted by Gasteiger charge is 2.14. The average Bonchev–Trinajstić information content (AvgIpc) is 3.20. The monoisotopic (exact) mass is 634 g/mol. The molecule has 0 saturated heterocycles. The van der Waals surface area contributed by atoms with Crippen molar-refractivity contribution in [2.75, 3.05) is 0 Å². The molecule has 50 heavy (non-hydrogen) atoms. The van der Waals surface area contributed by atoms with E-state index in [4.69, 9.17) is 9.97 Å². The lowest BCUT2D eigenvalue weighted by molar-refractivity contribution is 1.31. The second kappa shape index (κ2) is 11.5. The zero-order valence-corrected chi connectivity index (χ0v) is 27.2. The summed E-state index contributed by atoms with van der Waals surface area (Å²) < 4.78 is 0. The highest BCUT2D eigenvalue weighted by molar-refractivity contribution is 6.24. The van der Waals surface area contributed by atoms with Crippen LogP contribution in [0.4, 0.5) is 0 Å². The Bertz CT molecular complexity index is 2770. The molecule has 0 saturated carbocycles. The maximum absolute atomic E-state index is 4.88. The summed E-state index contributed by atoms with van der Waals surface area (Å²) in [5, 5.41) is 9.59. The third-order valence-electron chi connectivity index (χ3n) is 10.1. The van der Waals surface area contributed by atoms with Gasteiger partial charge in [-0.1, -0.05) is 146 Å². The average molecular weight is 635 g/mol. The van der Waals surface area contributed by atoms with Crippen LogP contribution < -0.4 is 0 Å². The molecule has 0 N–H and O–H groups in total. The summed E-state index contributed by atoms with van der Waals surface area (Å²) in [5.41, 5.74) is 11.4. The molecule has 0 aliphatic heterocycles. The third-order valence-corrected chi connectivity index (χ3v) is 10.1. The standard InChI is InChI=1S/C48H30N2/c1-3-17-39-31(9-1)11-7-19-41(39)37-15-5-13-33(27-37)35-22-24-44-45(29-35)43-23-21-36(30-46(43)48-47(44)49-25-26-50-48)34-14-6-16-38(28-34)42-20-8-12-32-10-2-4-18-40(32)42/h1-30H. The van der Waals surface area contributed by atoms with E-state index in [0.29, 0.717) is 0 Å². The Balaban J connectivity index is 1.12. The Morgan fingerprint density at radius 2 is 0.700 bits per heavy atom. The molecule has 2 nitrogen and oxygen atoms in total. The summed E-state index contributed by atoms with van der Waals surface area (Å²) in [6, 6.07) is 61.6. The first-order valence-electron chi connectivity index (χ1n) is 17.1. The van der Waals surface area contributed by atoms with E-state index in [-0.39, 0.29) is 0 Å². The van der Waals surface area contributed by atoms with Gasteiger partial charge in [0.1, 0.15) is 0 Å². The summed E-state index contributed by atoms with van der Waals surface area (Å²) in [6.07, 6.45) is 3.60. The second-order valence-corrected chi connectivity index (χ2v) is 13.0. The Labute approximate surface area is 290 Å². The van der Waals surface area contributed by atoms with Crippen molar-refractivity contribution in [3.05, 3.63) is 182 Å². The molecule has 0 atom stereocenters. The number of fused-ring (bicyclic) bond motifs is 8. The number of hydrogen-bond acceptors (Lipinski definition) is 2. The molecular weight excluding hydrogens is 605 g/mol. The normalized spacial score (nSPS) is 11.6. The van der Waals surface area contributed by atoms with Gasteiger partial charge in [-0.15, -0.1) is 0 Å². The van der Waals surface area contributed by atoms with Crippen LogP contribution in [0.15, 0.2) is 182 Å². The maximum atomic E-state index is 4.88. The smallest absolute Gasteiger partial charge is 0.0971 e. The van der Waals surface area contributed by atoms with Crippen LogP contribution in [0.5, 0.6) is 0 Å². The molecule has 10 rings (SSSR count). The minimum atomic E-state index is 0.924. The van der Waals surface area contributed by atoms with Crippen LogP contribution in [0, 0.1) is 0 Å². The number of aromatic nitrogens is 2. The predicted octanol–water partition coefficient (Wildman–Crippen LogP) is 12.9. The molecule has 0 aliphatic carbocycles. The molecule has 9 aromatic carbocycles. The summed E-state index contributed by atoms with van der Waals surface area (Å²) in [5.74, 6) is 0. The highest BCUT2D eigenvalue weighted by Crippen LogP contribution is 2.39. The number of nitrogens with zero attached hydrogens (tertiary/aromatic N) is 2. The molecular formula is C48H30N2. The zero-order valence-electron chi connectivity index (χ0n) is 27.2. The largest absolute Gasteiger partial charge is 0.252 e. The van der Waals surface area contributed by atoms with Gasteiger partial charge in [-0.2, -0.15) is 0 Å². The Morgan fingerprint density at radius 3 is 1.30 bits per heavy atom. The van der Waals surface area contributed by atoms with Crippen LogP contribution in [-0.4, -0.2) is 9.97 Å². The first-order valence-corrected chi connectivity index (χ1v) is 17.1. The van der Waals surface area contributed by atoms with Crippen molar-refractivity contribution in [3.8, 4) is 44.5 Å². The fraction of sp³-hybridized carbons (Fsp3) is 0. The van der Waals surface area contributed by atoms with Gasteiger partial charge in [0, 0.05) is 23.2 Å². The van der Waals surface area contributed by atoms with Gasteiger partial charge in [0.05, 0.1) is 11.0 Å². The second-order valence-electron chi connectivity index (χ2n) is 13.0. The molecule has 0 spiro atoms. The summed E-state index contributed by atoms with van der Waals surface area (Å²) in [7, 11) is 0.